The van der Waals surface area contributed by atoms with E-state index in [1.165, 1.54) is 12.1 Å². The van der Waals surface area contributed by atoms with E-state index in [1.54, 1.807) is 0 Å². The Bertz CT molecular complexity index is 2400. The van der Waals surface area contributed by atoms with Crippen LogP contribution >= 0.6 is 31.3 Å². The van der Waals surface area contributed by atoms with E-state index in [1.807, 2.05) is 4.98 Å². The Labute approximate surface area is 325 Å². The molecule has 12 atom stereocenters. The van der Waals surface area contributed by atoms with Crippen molar-refractivity contribution in [3.8, 4) is 0 Å². The number of urea groups is 1. The number of hydrogen-bond acceptors (Lipinski definition) is 20. The lowest BCUT2D eigenvalue weighted by atomic mass is 10.1. The third-order valence-electron chi connectivity index (χ3n) is 7.67. The van der Waals surface area contributed by atoms with Gasteiger partial charge in [0.05, 0.1) is 13.2 Å². The molecule has 3 aromatic rings. The minimum Gasteiger partial charge on any atom is -0.387 e. The molecule has 2 aliphatic rings. The number of nitrogens with zero attached hydrogens (tertiary/aromatic N) is 3. The molecule has 2 aliphatic heterocycles. The molecule has 0 aliphatic carbocycles. The molecule has 59 heavy (non-hydrogen) atoms. The lowest BCUT2D eigenvalue weighted by Crippen LogP contribution is -2.37. The minimum atomic E-state index is -6.30. The molecule has 29 nitrogen and oxygen atoms in total. The van der Waals surface area contributed by atoms with Gasteiger partial charge in [0.15, 0.2) is 12.5 Å². The van der Waals surface area contributed by atoms with Gasteiger partial charge in [0.2, 0.25) is 0 Å². The average Bonchev–Trinajstić information content (AvgIpc) is 3.55. The molecule has 5 rings (SSSR count). The molecule has 4 heterocycles. The fraction of sp³-hybridized carbons (Fsp3) is 0.400. The molecule has 34 heteroatoms. The number of ether oxygens (including phenoxy) is 2. The number of aromatic nitrogens is 4. The standard InChI is InChI=1S/C25H31FN6O23P4/c26-11-1-3-12(4-2-11)27-23(38)28-15-5-7-31(24(39)29-15)21-19(36)17(34)13(51-21)9-49-56(41,42)53-58(45,46)55-59(47,48)54-57(43,44)50-10-14-18(35)20(37)22(52-14)32-8-6-16(33)30-25(32)40/h1-8,13-14,17-22,34-37H,9-10H2,(H,41,42)(H,43,44)(H,45,46)(H,47,48)(H,30,33,40)(H2,27,28,29,38,39)/t13-,14-,17-,18-,19-,20-,21-,22-/m1/s1. The van der Waals surface area contributed by atoms with E-state index in [0.29, 0.717) is 9.13 Å². The van der Waals surface area contributed by atoms with Crippen LogP contribution in [0.3, 0.4) is 0 Å². The highest BCUT2D eigenvalue weighted by Gasteiger charge is 2.50. The zero-order valence-corrected chi connectivity index (χ0v) is 32.4. The zero-order chi connectivity index (χ0) is 43.7. The number of aliphatic hydroxyl groups is 4. The van der Waals surface area contributed by atoms with Gasteiger partial charge in [-0.25, -0.2) is 37.0 Å². The largest absolute Gasteiger partial charge is 0.490 e. The van der Waals surface area contributed by atoms with Crippen LogP contribution in [0.5, 0.6) is 0 Å². The summed E-state index contributed by atoms with van der Waals surface area (Å²) in [6, 6.07) is 5.69. The molecule has 2 saturated heterocycles. The van der Waals surface area contributed by atoms with Gasteiger partial charge >= 0.3 is 48.7 Å². The molecule has 2 fully saturated rings. The smallest absolute Gasteiger partial charge is 0.387 e. The van der Waals surface area contributed by atoms with Gasteiger partial charge in [-0.3, -0.25) is 33.3 Å². The van der Waals surface area contributed by atoms with Gasteiger partial charge in [0.25, 0.3) is 5.56 Å². The Balaban J connectivity index is 1.11. The molecule has 11 N–H and O–H groups in total. The lowest BCUT2D eigenvalue weighted by Gasteiger charge is -2.21. The third kappa shape index (κ3) is 12.2. The fourth-order valence-electron chi connectivity index (χ4n) is 5.11. The number of halogens is 1. The van der Waals surface area contributed by atoms with Crippen LogP contribution in [0.2, 0.25) is 0 Å². The van der Waals surface area contributed by atoms with Crippen LogP contribution in [0, 0.1) is 5.82 Å². The predicted octanol–water partition coefficient (Wildman–Crippen LogP) is -1.70. The molecule has 0 spiro atoms. The molecule has 2 amide bonds. The number of H-pyrrole nitrogens is 1. The zero-order valence-electron chi connectivity index (χ0n) is 28.9. The van der Waals surface area contributed by atoms with E-state index in [0.717, 1.165) is 36.7 Å². The van der Waals surface area contributed by atoms with Crippen LogP contribution in [0.25, 0.3) is 0 Å². The maximum absolute atomic E-state index is 13.1. The minimum absolute atomic E-state index is 0.191. The number of aliphatic hydroxyl groups excluding tert-OH is 4. The van der Waals surface area contributed by atoms with Crippen molar-refractivity contribution in [2.75, 3.05) is 23.8 Å². The maximum atomic E-state index is 13.1. The first-order chi connectivity index (χ1) is 27.3. The number of carbonyl (C=O) groups is 1. The summed E-state index contributed by atoms with van der Waals surface area (Å²) in [5, 5.41) is 45.9. The van der Waals surface area contributed by atoms with Crippen molar-refractivity contribution in [1.82, 2.24) is 19.1 Å². The van der Waals surface area contributed by atoms with E-state index in [-0.39, 0.29) is 11.5 Å². The maximum Gasteiger partial charge on any atom is 0.490 e. The first kappa shape index (κ1) is 46.4. The molecule has 0 saturated carbocycles. The SMILES string of the molecule is O=C(Nc1ccc(F)cc1)Nc1ccn([C@@H]2O[C@H](COP(=O)(O)OP(=O)(O)OP(=O)(O)OP(=O)(O)OC[C@H]3O[C@@H](n4ccc(=O)[nH]c4=O)[C@H](O)[C@@H]3O)[C@@H](O)[C@H]2O)c(=O)n1. The van der Waals surface area contributed by atoms with Gasteiger partial charge in [-0.05, 0) is 30.3 Å². The van der Waals surface area contributed by atoms with Gasteiger partial charge in [-0.15, -0.1) is 0 Å². The summed E-state index contributed by atoms with van der Waals surface area (Å²) in [5.74, 6) is -0.869. The van der Waals surface area contributed by atoms with Crippen LogP contribution in [0.4, 0.5) is 20.7 Å². The normalized spacial score (nSPS) is 28.5. The number of benzene rings is 1. The quantitative estimate of drug-likeness (QED) is 0.0713. The highest BCUT2D eigenvalue weighted by Crippen LogP contribution is 2.71. The first-order valence-electron chi connectivity index (χ1n) is 15.9. The van der Waals surface area contributed by atoms with E-state index < -0.39 is 122 Å². The van der Waals surface area contributed by atoms with Crippen molar-refractivity contribution >= 4 is 48.8 Å². The second-order valence-electron chi connectivity index (χ2n) is 11.9. The molecule has 0 bridgehead atoms. The average molecular weight is 926 g/mol. The Morgan fingerprint density at radius 1 is 0.712 bits per heavy atom. The number of carbonyl (C=O) groups excluding carboxylic acids is 1. The van der Waals surface area contributed by atoms with Crippen molar-refractivity contribution in [2.45, 2.75) is 49.1 Å². The number of anilines is 2. The number of amides is 2. The van der Waals surface area contributed by atoms with Gasteiger partial charge in [-0.1, -0.05) is 0 Å². The van der Waals surface area contributed by atoms with Crippen LogP contribution < -0.4 is 27.6 Å². The molecule has 4 unspecified atom stereocenters. The van der Waals surface area contributed by atoms with Crippen LogP contribution in [0.15, 0.2) is 63.2 Å². The molecule has 2 aromatic heterocycles. The number of aromatic amines is 1. The molecular formula is C25H31FN6O23P4. The molecule has 1 aromatic carbocycles. The number of phosphoric acid groups is 4. The van der Waals surface area contributed by atoms with Crippen molar-refractivity contribution in [3.05, 3.63) is 85.9 Å². The number of nitrogens with one attached hydrogen (secondary N) is 3. The van der Waals surface area contributed by atoms with Crippen molar-refractivity contribution in [3.63, 3.8) is 0 Å². The summed E-state index contributed by atoms with van der Waals surface area (Å²) in [7, 11) is -24.3. The van der Waals surface area contributed by atoms with E-state index in [4.69, 9.17) is 9.47 Å². The summed E-state index contributed by atoms with van der Waals surface area (Å²) in [4.78, 5) is 93.0. The Hall–Kier alpha value is -3.70. The summed E-state index contributed by atoms with van der Waals surface area (Å²) in [6.07, 6.45) is -12.9. The Morgan fingerprint density at radius 2 is 1.19 bits per heavy atom. The molecule has 326 valence electrons. The monoisotopic (exact) mass is 926 g/mol. The number of rotatable bonds is 16. The third-order valence-corrected chi connectivity index (χ3v) is 13.6. The molecule has 0 radical (unpaired) electrons. The van der Waals surface area contributed by atoms with Gasteiger partial charge < -0.3 is 54.8 Å². The van der Waals surface area contributed by atoms with E-state index >= 15 is 0 Å². The highest BCUT2D eigenvalue weighted by atomic mass is 31.3. The Morgan fingerprint density at radius 3 is 1.68 bits per heavy atom. The molecular weight excluding hydrogens is 895 g/mol. The van der Waals surface area contributed by atoms with Gasteiger partial charge in [0.1, 0.15) is 48.3 Å². The number of phosphoric ester groups is 2. The summed E-state index contributed by atoms with van der Waals surface area (Å²) in [5.41, 5.74) is -2.88. The van der Waals surface area contributed by atoms with Crippen LogP contribution in [-0.4, -0.2) is 115 Å². The first-order valence-corrected chi connectivity index (χ1v) is 21.8. The van der Waals surface area contributed by atoms with E-state index in [9.17, 15) is 81.8 Å². The summed E-state index contributed by atoms with van der Waals surface area (Å²) >= 11 is 0. The summed E-state index contributed by atoms with van der Waals surface area (Å²) < 4.78 is 94.5. The van der Waals surface area contributed by atoms with Crippen molar-refractivity contribution < 1.29 is 98.9 Å². The van der Waals surface area contributed by atoms with Gasteiger partial charge in [0, 0.05) is 24.1 Å². The van der Waals surface area contributed by atoms with E-state index in [2.05, 4.69) is 37.6 Å². The second kappa shape index (κ2) is 18.1. The highest BCUT2D eigenvalue weighted by molar-refractivity contribution is 7.69. The second-order valence-corrected chi connectivity index (χ2v) is 18.1. The summed E-state index contributed by atoms with van der Waals surface area (Å²) in [6.45, 7) is -2.49. The predicted molar refractivity (Wildman–Crippen MR) is 185 cm³/mol. The Kier molecular flexibility index (Phi) is 14.2. The van der Waals surface area contributed by atoms with Gasteiger partial charge in [-0.2, -0.15) is 17.9 Å². The van der Waals surface area contributed by atoms with Crippen LogP contribution in [0.1, 0.15) is 12.5 Å². The fourth-order valence-corrected chi connectivity index (χ4v) is 10.1. The van der Waals surface area contributed by atoms with Crippen molar-refractivity contribution in [1.29, 1.82) is 0 Å². The van der Waals surface area contributed by atoms with Crippen LogP contribution in [-0.2, 0) is 49.7 Å². The topological polar surface area (TPSA) is 426 Å². The van der Waals surface area contributed by atoms with Crippen molar-refractivity contribution in [2.24, 2.45) is 0 Å². The number of hydrogen-bond donors (Lipinski definition) is 11. The lowest BCUT2D eigenvalue weighted by molar-refractivity contribution is -0.0543.